The summed E-state index contributed by atoms with van der Waals surface area (Å²) in [5.74, 6) is 1.03. The summed E-state index contributed by atoms with van der Waals surface area (Å²) in [6.07, 6.45) is 3.53. The number of morpholine rings is 1. The van der Waals surface area contributed by atoms with Crippen LogP contribution < -0.4 is 11.1 Å². The minimum Gasteiger partial charge on any atom is -0.380 e. The molecule has 3 unspecified atom stereocenters. The van der Waals surface area contributed by atoms with Crippen molar-refractivity contribution in [3.63, 3.8) is 0 Å². The average Bonchev–Trinajstić information content (AvgIpc) is 2.61. The van der Waals surface area contributed by atoms with Crippen molar-refractivity contribution in [3.05, 3.63) is 0 Å². The van der Waals surface area contributed by atoms with Crippen molar-refractivity contribution in [2.75, 3.05) is 46.5 Å². The van der Waals surface area contributed by atoms with Gasteiger partial charge in [-0.2, -0.15) is 0 Å². The van der Waals surface area contributed by atoms with Gasteiger partial charge in [0.2, 0.25) is 0 Å². The molecule has 0 amide bonds. The topological polar surface area (TPSA) is 72.1 Å². The summed E-state index contributed by atoms with van der Waals surface area (Å²) < 4.78 is 11.1. The van der Waals surface area contributed by atoms with E-state index in [1.165, 1.54) is 0 Å². The number of methoxy groups -OCH3 is 1. The van der Waals surface area contributed by atoms with Crippen LogP contribution in [0.15, 0.2) is 4.99 Å². The molecule has 0 bridgehead atoms. The number of nitrogens with two attached hydrogens (primary N) is 1. The molecule has 0 aromatic heterocycles. The number of ether oxygens (including phenoxy) is 2. The highest BCUT2D eigenvalue weighted by Crippen LogP contribution is 2.52. The van der Waals surface area contributed by atoms with Crippen molar-refractivity contribution in [2.24, 2.45) is 22.1 Å². The van der Waals surface area contributed by atoms with Crippen molar-refractivity contribution in [2.45, 2.75) is 52.2 Å². The second kappa shape index (κ2) is 9.02. The lowest BCUT2D eigenvalue weighted by Gasteiger charge is -2.59. The molecule has 24 heavy (non-hydrogen) atoms. The van der Waals surface area contributed by atoms with Gasteiger partial charge in [0.05, 0.1) is 19.3 Å². The van der Waals surface area contributed by atoms with Gasteiger partial charge in [-0.25, -0.2) is 0 Å². The predicted molar refractivity (Wildman–Crippen MR) is 98.3 cm³/mol. The van der Waals surface area contributed by atoms with Crippen molar-refractivity contribution < 1.29 is 9.47 Å². The smallest absolute Gasteiger partial charge is 0.188 e. The molecule has 0 radical (unpaired) electrons. The van der Waals surface area contributed by atoms with Crippen LogP contribution in [0, 0.1) is 11.3 Å². The first-order valence-corrected chi connectivity index (χ1v) is 9.48. The Morgan fingerprint density at radius 1 is 1.33 bits per heavy atom. The van der Waals surface area contributed by atoms with Crippen molar-refractivity contribution in [3.8, 4) is 0 Å². The first-order chi connectivity index (χ1) is 11.6. The molecular weight excluding hydrogens is 304 g/mol. The number of nitrogens with zero attached hydrogens (tertiary/aromatic N) is 2. The first kappa shape index (κ1) is 19.5. The zero-order valence-electron chi connectivity index (χ0n) is 15.9. The van der Waals surface area contributed by atoms with E-state index in [1.807, 2.05) is 7.11 Å². The van der Waals surface area contributed by atoms with Crippen LogP contribution in [-0.2, 0) is 9.47 Å². The number of rotatable bonds is 8. The van der Waals surface area contributed by atoms with Gasteiger partial charge in [-0.3, -0.25) is 9.89 Å². The zero-order chi connectivity index (χ0) is 17.6. The third-order valence-corrected chi connectivity index (χ3v) is 6.08. The summed E-state index contributed by atoms with van der Waals surface area (Å²) in [7, 11) is 1.82. The number of aliphatic imine (C=N–C) groups is 1. The molecule has 6 heteroatoms. The van der Waals surface area contributed by atoms with Gasteiger partial charge in [0.1, 0.15) is 0 Å². The van der Waals surface area contributed by atoms with E-state index in [0.29, 0.717) is 24.0 Å². The zero-order valence-corrected chi connectivity index (χ0v) is 15.9. The summed E-state index contributed by atoms with van der Waals surface area (Å²) in [6, 6.07) is 0.348. The predicted octanol–water partition coefficient (Wildman–Crippen LogP) is 1.45. The lowest BCUT2D eigenvalue weighted by atomic mass is 9.53. The number of hydrogen-bond acceptors (Lipinski definition) is 4. The van der Waals surface area contributed by atoms with Crippen molar-refractivity contribution >= 4 is 5.96 Å². The Labute approximate surface area is 147 Å². The van der Waals surface area contributed by atoms with E-state index >= 15 is 0 Å². The molecule has 1 saturated carbocycles. The van der Waals surface area contributed by atoms with Crippen LogP contribution in [0.2, 0.25) is 0 Å². The second-order valence-electron chi connectivity index (χ2n) is 7.15. The molecule has 2 aliphatic rings. The number of guanidine groups is 1. The van der Waals surface area contributed by atoms with Crippen LogP contribution in [0.4, 0.5) is 0 Å². The van der Waals surface area contributed by atoms with E-state index < -0.39 is 0 Å². The molecule has 1 heterocycles. The third-order valence-electron chi connectivity index (χ3n) is 6.08. The van der Waals surface area contributed by atoms with E-state index in [2.05, 4.69) is 36.0 Å². The van der Waals surface area contributed by atoms with Gasteiger partial charge in [0.15, 0.2) is 5.96 Å². The molecule has 0 spiro atoms. The van der Waals surface area contributed by atoms with Gasteiger partial charge in [0.25, 0.3) is 0 Å². The van der Waals surface area contributed by atoms with Gasteiger partial charge in [-0.05, 0) is 19.3 Å². The molecule has 1 aliphatic carbocycles. The molecule has 3 atom stereocenters. The lowest BCUT2D eigenvalue weighted by molar-refractivity contribution is -0.163. The summed E-state index contributed by atoms with van der Waals surface area (Å²) in [4.78, 5) is 6.96. The molecule has 1 saturated heterocycles. The summed E-state index contributed by atoms with van der Waals surface area (Å²) in [6.45, 7) is 12.3. The highest BCUT2D eigenvalue weighted by Gasteiger charge is 2.58. The fourth-order valence-electron chi connectivity index (χ4n) is 4.62. The molecule has 3 N–H and O–H groups in total. The van der Waals surface area contributed by atoms with E-state index in [0.717, 1.165) is 58.7 Å². The number of hydrogen-bond donors (Lipinski definition) is 2. The molecule has 140 valence electrons. The highest BCUT2D eigenvalue weighted by molar-refractivity contribution is 5.78. The molecule has 1 aliphatic heterocycles. The van der Waals surface area contributed by atoms with Crippen LogP contribution in [0.25, 0.3) is 0 Å². The Balaban J connectivity index is 1.78. The van der Waals surface area contributed by atoms with Gasteiger partial charge in [-0.15, -0.1) is 0 Å². The Morgan fingerprint density at radius 3 is 2.58 bits per heavy atom. The Hall–Kier alpha value is -0.850. The fourth-order valence-corrected chi connectivity index (χ4v) is 4.62. The minimum absolute atomic E-state index is 0.169. The molecule has 0 aromatic carbocycles. The standard InChI is InChI=1S/C18H36N4O2/c1-5-18(6-2)15(14(3)16(18)23-4)21-17(19)20-8-7-9-22-10-12-24-13-11-22/h14-16H,5-13H2,1-4H3,(H3,19,20,21). The van der Waals surface area contributed by atoms with E-state index in [-0.39, 0.29) is 5.41 Å². The van der Waals surface area contributed by atoms with Crippen molar-refractivity contribution in [1.29, 1.82) is 0 Å². The largest absolute Gasteiger partial charge is 0.380 e. The molecule has 6 nitrogen and oxygen atoms in total. The average molecular weight is 341 g/mol. The Bertz CT molecular complexity index is 406. The van der Waals surface area contributed by atoms with E-state index in [9.17, 15) is 0 Å². The maximum Gasteiger partial charge on any atom is 0.188 e. The van der Waals surface area contributed by atoms with Crippen molar-refractivity contribution in [1.82, 2.24) is 10.2 Å². The van der Waals surface area contributed by atoms with E-state index in [4.69, 9.17) is 15.2 Å². The Morgan fingerprint density at radius 2 is 2.00 bits per heavy atom. The quantitative estimate of drug-likeness (QED) is 0.397. The maximum absolute atomic E-state index is 6.15. The SMILES string of the molecule is CCC1(CC)C(NC(N)=NCCCN2CCOCC2)C(C)C1OC. The molecule has 2 fully saturated rings. The fraction of sp³-hybridized carbons (Fsp3) is 0.944. The summed E-state index contributed by atoms with van der Waals surface area (Å²) in [5, 5.41) is 3.48. The Kier molecular flexibility index (Phi) is 7.32. The first-order valence-electron chi connectivity index (χ1n) is 9.48. The second-order valence-corrected chi connectivity index (χ2v) is 7.15. The van der Waals surface area contributed by atoms with Gasteiger partial charge < -0.3 is 20.5 Å². The molecular formula is C18H36N4O2. The molecule has 0 aromatic rings. The summed E-state index contributed by atoms with van der Waals surface area (Å²) >= 11 is 0. The number of nitrogens with one attached hydrogen (secondary N) is 1. The highest BCUT2D eigenvalue weighted by atomic mass is 16.5. The monoisotopic (exact) mass is 340 g/mol. The van der Waals surface area contributed by atoms with Crippen LogP contribution >= 0.6 is 0 Å². The van der Waals surface area contributed by atoms with Gasteiger partial charge >= 0.3 is 0 Å². The van der Waals surface area contributed by atoms with Crippen LogP contribution in [0.5, 0.6) is 0 Å². The van der Waals surface area contributed by atoms with E-state index in [1.54, 1.807) is 0 Å². The van der Waals surface area contributed by atoms with Crippen LogP contribution in [-0.4, -0.2) is 69.5 Å². The minimum atomic E-state index is 0.169. The van der Waals surface area contributed by atoms with Crippen LogP contribution in [0.1, 0.15) is 40.0 Å². The van der Waals surface area contributed by atoms with Crippen LogP contribution in [0.3, 0.4) is 0 Å². The van der Waals surface area contributed by atoms with Gasteiger partial charge in [-0.1, -0.05) is 20.8 Å². The molecule has 2 rings (SSSR count). The summed E-state index contributed by atoms with van der Waals surface area (Å²) in [5.41, 5.74) is 6.32. The van der Waals surface area contributed by atoms with Gasteiger partial charge in [0, 0.05) is 50.7 Å². The lowest BCUT2D eigenvalue weighted by Crippen LogP contribution is -2.70. The normalized spacial score (nSPS) is 30.8. The third kappa shape index (κ3) is 4.03. The maximum atomic E-state index is 6.15.